The number of halogens is 2. The van der Waals surface area contributed by atoms with Crippen molar-refractivity contribution in [3.05, 3.63) is 23.0 Å². The zero-order valence-electron chi connectivity index (χ0n) is 11.4. The highest BCUT2D eigenvalue weighted by Gasteiger charge is 2.35. The Morgan fingerprint density at radius 2 is 2.00 bits per heavy atom. The van der Waals surface area contributed by atoms with E-state index in [4.69, 9.17) is 17.3 Å². The molecule has 1 fully saturated rings. The van der Waals surface area contributed by atoms with Crippen LogP contribution in [-0.4, -0.2) is 25.3 Å². The van der Waals surface area contributed by atoms with E-state index in [0.29, 0.717) is 6.54 Å². The third kappa shape index (κ3) is 2.77. The molecule has 1 aromatic rings. The lowest BCUT2D eigenvalue weighted by molar-refractivity contribution is 0.218. The van der Waals surface area contributed by atoms with Crippen molar-refractivity contribution in [3.63, 3.8) is 0 Å². The highest BCUT2D eigenvalue weighted by molar-refractivity contribution is 7.89. The molecule has 0 bridgehead atoms. The summed E-state index contributed by atoms with van der Waals surface area (Å²) in [7, 11) is -3.76. The number of anilines is 1. The van der Waals surface area contributed by atoms with Gasteiger partial charge >= 0.3 is 0 Å². The van der Waals surface area contributed by atoms with Crippen LogP contribution in [-0.2, 0) is 10.0 Å². The SMILES string of the molecule is CC1CCC(C)N(S(=O)(=O)c2cc(N)c(F)cc2Cl)C1. The Balaban J connectivity index is 2.47. The number of sulfonamides is 1. The quantitative estimate of drug-likeness (QED) is 0.852. The van der Waals surface area contributed by atoms with Crippen molar-refractivity contribution < 1.29 is 12.8 Å². The molecule has 0 amide bonds. The maximum Gasteiger partial charge on any atom is 0.244 e. The molecule has 112 valence electrons. The van der Waals surface area contributed by atoms with E-state index in [-0.39, 0.29) is 27.6 Å². The van der Waals surface area contributed by atoms with Gasteiger partial charge in [-0.2, -0.15) is 4.31 Å². The molecule has 4 nitrogen and oxygen atoms in total. The van der Waals surface area contributed by atoms with Crippen LogP contribution in [0.15, 0.2) is 17.0 Å². The van der Waals surface area contributed by atoms with E-state index in [1.54, 1.807) is 0 Å². The summed E-state index contributed by atoms with van der Waals surface area (Å²) in [6, 6.07) is 1.94. The minimum Gasteiger partial charge on any atom is -0.396 e. The molecule has 7 heteroatoms. The van der Waals surface area contributed by atoms with Crippen LogP contribution >= 0.6 is 11.6 Å². The van der Waals surface area contributed by atoms with Crippen LogP contribution in [0.1, 0.15) is 26.7 Å². The predicted octanol–water partition coefficient (Wildman–Crippen LogP) is 2.87. The molecule has 0 radical (unpaired) electrons. The summed E-state index contributed by atoms with van der Waals surface area (Å²) in [4.78, 5) is -0.126. The Bertz CT molecular complexity index is 621. The van der Waals surface area contributed by atoms with Gasteiger partial charge in [-0.05, 0) is 37.8 Å². The van der Waals surface area contributed by atoms with E-state index in [1.807, 2.05) is 13.8 Å². The molecule has 2 rings (SSSR count). The number of nitrogens with zero attached hydrogens (tertiary/aromatic N) is 1. The molecule has 0 aromatic heterocycles. The first kappa shape index (κ1) is 15.5. The molecule has 2 unspecified atom stereocenters. The average Bonchev–Trinajstić information content (AvgIpc) is 2.36. The molecule has 1 aliphatic heterocycles. The van der Waals surface area contributed by atoms with Crippen molar-refractivity contribution >= 4 is 27.3 Å². The Hall–Kier alpha value is -0.850. The van der Waals surface area contributed by atoms with Gasteiger partial charge in [-0.3, -0.25) is 0 Å². The van der Waals surface area contributed by atoms with Gasteiger partial charge in [0.05, 0.1) is 10.7 Å². The van der Waals surface area contributed by atoms with Gasteiger partial charge in [0.2, 0.25) is 10.0 Å². The summed E-state index contributed by atoms with van der Waals surface area (Å²) in [5, 5.41) is -0.137. The molecular weight excluding hydrogens is 303 g/mol. The third-order valence-corrected chi connectivity index (χ3v) is 6.14. The second-order valence-electron chi connectivity index (χ2n) is 5.41. The Morgan fingerprint density at radius 3 is 2.65 bits per heavy atom. The molecule has 2 N–H and O–H groups in total. The fourth-order valence-electron chi connectivity index (χ4n) is 2.45. The highest BCUT2D eigenvalue weighted by atomic mass is 35.5. The van der Waals surface area contributed by atoms with Crippen LogP contribution in [0.4, 0.5) is 10.1 Å². The average molecular weight is 321 g/mol. The first-order valence-corrected chi connectivity index (χ1v) is 8.31. The standard InChI is InChI=1S/C13H18ClFN2O2S/c1-8-3-4-9(2)17(7-8)20(18,19)13-6-12(16)11(15)5-10(13)14/h5-6,8-9H,3-4,7,16H2,1-2H3. The van der Waals surface area contributed by atoms with E-state index in [1.165, 1.54) is 4.31 Å². The summed E-state index contributed by atoms with van der Waals surface area (Å²) >= 11 is 5.89. The van der Waals surface area contributed by atoms with E-state index < -0.39 is 15.8 Å². The fourth-order valence-corrected chi connectivity index (χ4v) is 4.76. The number of piperidine rings is 1. The predicted molar refractivity (Wildman–Crippen MR) is 77.6 cm³/mol. The summed E-state index contributed by atoms with van der Waals surface area (Å²) < 4.78 is 40.1. The van der Waals surface area contributed by atoms with Crippen molar-refractivity contribution in [3.8, 4) is 0 Å². The van der Waals surface area contributed by atoms with Gasteiger partial charge in [0, 0.05) is 12.6 Å². The normalized spacial score (nSPS) is 24.8. The molecule has 20 heavy (non-hydrogen) atoms. The van der Waals surface area contributed by atoms with E-state index in [0.717, 1.165) is 25.0 Å². The molecule has 1 heterocycles. The molecule has 2 atom stereocenters. The second-order valence-corrected chi connectivity index (χ2v) is 7.68. The zero-order chi connectivity index (χ0) is 15.1. The van der Waals surface area contributed by atoms with E-state index in [2.05, 4.69) is 0 Å². The molecular formula is C13H18ClFN2O2S. The number of nitrogens with two attached hydrogens (primary N) is 1. The minimum atomic E-state index is -3.76. The molecule has 0 aliphatic carbocycles. The van der Waals surface area contributed by atoms with Crippen LogP contribution < -0.4 is 5.73 Å². The monoisotopic (exact) mass is 320 g/mol. The third-order valence-electron chi connectivity index (χ3n) is 3.70. The lowest BCUT2D eigenvalue weighted by atomic mass is 9.97. The Kier molecular flexibility index (Phi) is 4.27. The summed E-state index contributed by atoms with van der Waals surface area (Å²) in [6.45, 7) is 4.32. The first-order chi connectivity index (χ1) is 9.23. The highest BCUT2D eigenvalue weighted by Crippen LogP contribution is 2.33. The smallest absolute Gasteiger partial charge is 0.244 e. The molecule has 1 aromatic carbocycles. The van der Waals surface area contributed by atoms with Gasteiger partial charge in [0.1, 0.15) is 10.7 Å². The molecule has 1 saturated heterocycles. The van der Waals surface area contributed by atoms with E-state index in [9.17, 15) is 12.8 Å². The largest absolute Gasteiger partial charge is 0.396 e. The van der Waals surface area contributed by atoms with Crippen LogP contribution in [0, 0.1) is 11.7 Å². The van der Waals surface area contributed by atoms with Crippen LogP contribution in [0.3, 0.4) is 0 Å². The topological polar surface area (TPSA) is 63.4 Å². The minimum absolute atomic E-state index is 0.0986. The maximum atomic E-state index is 13.3. The molecule has 0 saturated carbocycles. The Labute approximate surface area is 123 Å². The van der Waals surface area contributed by atoms with Crippen LogP contribution in [0.5, 0.6) is 0 Å². The maximum absolute atomic E-state index is 13.3. The van der Waals surface area contributed by atoms with Crippen molar-refractivity contribution in [1.82, 2.24) is 4.31 Å². The van der Waals surface area contributed by atoms with Gasteiger partial charge in [0.15, 0.2) is 0 Å². The number of rotatable bonds is 2. The van der Waals surface area contributed by atoms with Gasteiger partial charge < -0.3 is 5.73 Å². The molecule has 0 spiro atoms. The summed E-state index contributed by atoms with van der Waals surface area (Å²) in [5.41, 5.74) is 5.24. The first-order valence-electron chi connectivity index (χ1n) is 6.50. The number of hydrogen-bond acceptors (Lipinski definition) is 3. The van der Waals surface area contributed by atoms with Gasteiger partial charge in [-0.1, -0.05) is 18.5 Å². The van der Waals surface area contributed by atoms with Gasteiger partial charge in [-0.25, -0.2) is 12.8 Å². The van der Waals surface area contributed by atoms with E-state index >= 15 is 0 Å². The summed E-state index contributed by atoms with van der Waals surface area (Å²) in [6.07, 6.45) is 1.79. The zero-order valence-corrected chi connectivity index (χ0v) is 13.0. The Morgan fingerprint density at radius 1 is 1.35 bits per heavy atom. The second kappa shape index (κ2) is 5.50. The number of benzene rings is 1. The van der Waals surface area contributed by atoms with Gasteiger partial charge in [0.25, 0.3) is 0 Å². The number of hydrogen-bond donors (Lipinski definition) is 1. The summed E-state index contributed by atoms with van der Waals surface area (Å²) in [5.74, 6) is -0.424. The lowest BCUT2D eigenvalue weighted by Crippen LogP contribution is -2.44. The molecule has 1 aliphatic rings. The van der Waals surface area contributed by atoms with Crippen molar-refractivity contribution in [2.75, 3.05) is 12.3 Å². The number of nitrogen functional groups attached to an aromatic ring is 1. The fraction of sp³-hybridized carbons (Fsp3) is 0.538. The lowest BCUT2D eigenvalue weighted by Gasteiger charge is -2.35. The van der Waals surface area contributed by atoms with Crippen LogP contribution in [0.2, 0.25) is 5.02 Å². The van der Waals surface area contributed by atoms with Crippen LogP contribution in [0.25, 0.3) is 0 Å². The van der Waals surface area contributed by atoms with Crippen molar-refractivity contribution in [2.24, 2.45) is 5.92 Å². The van der Waals surface area contributed by atoms with Crippen molar-refractivity contribution in [2.45, 2.75) is 37.6 Å². The van der Waals surface area contributed by atoms with Crippen molar-refractivity contribution in [1.29, 1.82) is 0 Å². The van der Waals surface area contributed by atoms with Gasteiger partial charge in [-0.15, -0.1) is 0 Å².